The first-order chi connectivity index (χ1) is 12.2. The molecule has 0 bridgehead atoms. The molecule has 3 N–H and O–H groups in total. The van der Waals surface area contributed by atoms with Gasteiger partial charge in [-0.1, -0.05) is 24.3 Å². The molecule has 4 nitrogen and oxygen atoms in total. The smallest absolute Gasteiger partial charge is 0.0662 e. The number of thiophene rings is 1. The Morgan fingerprint density at radius 2 is 1.76 bits per heavy atom. The maximum atomic E-state index is 9.89. The molecular formula is C20H30N2O2S. The zero-order chi connectivity index (χ0) is 18.0. The number of anilines is 1. The Balaban J connectivity index is 0.000000701. The summed E-state index contributed by atoms with van der Waals surface area (Å²) < 4.78 is 0. The standard InChI is InChI=1S/C18H24N2OS.C2H6O/c21-15-18(19-16-5-2-1-3-6-16)9-12-20(13-10-18)11-8-17-7-4-14-22-17;1-2-3/h1-7,14,19,21H,8-13,15H2;3H,2H2,1H3. The number of likely N-dealkylation sites (tertiary alicyclic amines) is 1. The number of nitrogens with zero attached hydrogens (tertiary/aromatic N) is 1. The number of aliphatic hydroxyl groups is 2. The van der Waals surface area contributed by atoms with Crippen LogP contribution in [0.3, 0.4) is 0 Å². The Labute approximate surface area is 155 Å². The van der Waals surface area contributed by atoms with Gasteiger partial charge in [-0.05, 0) is 49.8 Å². The van der Waals surface area contributed by atoms with Gasteiger partial charge in [0.1, 0.15) is 0 Å². The molecule has 2 heterocycles. The largest absolute Gasteiger partial charge is 0.397 e. The molecule has 0 spiro atoms. The highest BCUT2D eigenvalue weighted by atomic mass is 32.1. The highest BCUT2D eigenvalue weighted by molar-refractivity contribution is 7.09. The summed E-state index contributed by atoms with van der Waals surface area (Å²) in [5, 5.41) is 23.2. The predicted molar refractivity (Wildman–Crippen MR) is 106 cm³/mol. The monoisotopic (exact) mass is 362 g/mol. The molecule has 1 aromatic heterocycles. The molecule has 1 aromatic carbocycles. The summed E-state index contributed by atoms with van der Waals surface area (Å²) >= 11 is 1.84. The molecule has 3 rings (SSSR count). The summed E-state index contributed by atoms with van der Waals surface area (Å²) in [5.41, 5.74) is 0.935. The van der Waals surface area contributed by atoms with Crippen LogP contribution in [0.25, 0.3) is 0 Å². The van der Waals surface area contributed by atoms with Gasteiger partial charge >= 0.3 is 0 Å². The van der Waals surface area contributed by atoms with Gasteiger partial charge in [0.05, 0.1) is 12.1 Å². The fourth-order valence-electron chi connectivity index (χ4n) is 3.08. The van der Waals surface area contributed by atoms with Gasteiger partial charge in [-0.3, -0.25) is 0 Å². The molecule has 0 radical (unpaired) electrons. The number of nitrogens with one attached hydrogen (secondary N) is 1. The Morgan fingerprint density at radius 3 is 2.32 bits per heavy atom. The van der Waals surface area contributed by atoms with E-state index in [1.807, 2.05) is 29.5 Å². The fourth-order valence-corrected chi connectivity index (χ4v) is 3.78. The second-order valence-electron chi connectivity index (χ2n) is 6.42. The number of benzene rings is 1. The van der Waals surface area contributed by atoms with E-state index in [1.54, 1.807) is 6.92 Å². The van der Waals surface area contributed by atoms with Crippen LogP contribution in [0.15, 0.2) is 47.8 Å². The molecule has 5 heteroatoms. The molecule has 0 saturated carbocycles. The van der Waals surface area contributed by atoms with Crippen molar-refractivity contribution >= 4 is 17.0 Å². The number of para-hydroxylation sites is 1. The Hall–Kier alpha value is -1.40. The van der Waals surface area contributed by atoms with E-state index in [9.17, 15) is 5.11 Å². The lowest BCUT2D eigenvalue weighted by molar-refractivity contribution is 0.120. The van der Waals surface area contributed by atoms with Crippen LogP contribution in [-0.2, 0) is 6.42 Å². The van der Waals surface area contributed by atoms with E-state index in [-0.39, 0.29) is 18.8 Å². The second kappa shape index (κ2) is 10.6. The van der Waals surface area contributed by atoms with Gasteiger partial charge in [-0.25, -0.2) is 0 Å². The van der Waals surface area contributed by atoms with Crippen molar-refractivity contribution in [3.05, 3.63) is 52.7 Å². The summed E-state index contributed by atoms with van der Waals surface area (Å²) in [4.78, 5) is 3.97. The predicted octanol–water partition coefficient (Wildman–Crippen LogP) is 3.23. The third-order valence-electron chi connectivity index (χ3n) is 4.55. The van der Waals surface area contributed by atoms with E-state index in [0.717, 1.165) is 44.6 Å². The maximum absolute atomic E-state index is 9.89. The van der Waals surface area contributed by atoms with Crippen LogP contribution in [0.4, 0.5) is 5.69 Å². The number of hydrogen-bond acceptors (Lipinski definition) is 5. The van der Waals surface area contributed by atoms with E-state index in [1.165, 1.54) is 4.88 Å². The van der Waals surface area contributed by atoms with Crippen molar-refractivity contribution in [3.63, 3.8) is 0 Å². The summed E-state index contributed by atoms with van der Waals surface area (Å²) in [6.07, 6.45) is 3.11. The minimum absolute atomic E-state index is 0.166. The first-order valence-corrected chi connectivity index (χ1v) is 9.89. The molecule has 1 fully saturated rings. The molecule has 1 aliphatic heterocycles. The van der Waals surface area contributed by atoms with Crippen LogP contribution in [0.5, 0.6) is 0 Å². The molecule has 25 heavy (non-hydrogen) atoms. The third-order valence-corrected chi connectivity index (χ3v) is 5.49. The number of rotatable bonds is 6. The van der Waals surface area contributed by atoms with Gasteiger partial charge < -0.3 is 20.4 Å². The van der Waals surface area contributed by atoms with Gasteiger partial charge in [0, 0.05) is 36.8 Å². The average Bonchev–Trinajstić information content (AvgIpc) is 3.16. The van der Waals surface area contributed by atoms with Crippen molar-refractivity contribution in [1.82, 2.24) is 4.90 Å². The van der Waals surface area contributed by atoms with E-state index in [4.69, 9.17) is 5.11 Å². The molecule has 0 aliphatic carbocycles. The van der Waals surface area contributed by atoms with Crippen LogP contribution in [0.2, 0.25) is 0 Å². The van der Waals surface area contributed by atoms with E-state index < -0.39 is 0 Å². The zero-order valence-electron chi connectivity index (χ0n) is 15.0. The Morgan fingerprint density at radius 1 is 1.08 bits per heavy atom. The first kappa shape index (κ1) is 19.9. The van der Waals surface area contributed by atoms with E-state index in [2.05, 4.69) is 39.9 Å². The Kier molecular flexibility index (Phi) is 8.41. The quantitative estimate of drug-likeness (QED) is 0.738. The van der Waals surface area contributed by atoms with Crippen molar-refractivity contribution in [3.8, 4) is 0 Å². The molecule has 138 valence electrons. The molecule has 1 saturated heterocycles. The number of aliphatic hydroxyl groups excluding tert-OH is 2. The first-order valence-electron chi connectivity index (χ1n) is 9.01. The van der Waals surface area contributed by atoms with Crippen molar-refractivity contribution in [2.45, 2.75) is 31.7 Å². The molecule has 1 aliphatic rings. The minimum Gasteiger partial charge on any atom is -0.397 e. The maximum Gasteiger partial charge on any atom is 0.0662 e. The molecule has 0 amide bonds. The van der Waals surface area contributed by atoms with Gasteiger partial charge in [0.2, 0.25) is 0 Å². The van der Waals surface area contributed by atoms with Crippen molar-refractivity contribution in [2.75, 3.05) is 38.2 Å². The topological polar surface area (TPSA) is 55.7 Å². The zero-order valence-corrected chi connectivity index (χ0v) is 15.8. The number of hydrogen-bond donors (Lipinski definition) is 3. The summed E-state index contributed by atoms with van der Waals surface area (Å²) in [6.45, 7) is 5.34. The van der Waals surface area contributed by atoms with Gasteiger partial charge in [0.25, 0.3) is 0 Å². The summed E-state index contributed by atoms with van der Waals surface area (Å²) in [7, 11) is 0. The molecular weight excluding hydrogens is 332 g/mol. The summed E-state index contributed by atoms with van der Waals surface area (Å²) in [6, 6.07) is 14.6. The normalized spacial score (nSPS) is 16.8. The van der Waals surface area contributed by atoms with E-state index >= 15 is 0 Å². The SMILES string of the molecule is CCO.OCC1(Nc2ccccc2)CCN(CCc2cccs2)CC1. The lowest BCUT2D eigenvalue weighted by Gasteiger charge is -2.42. The van der Waals surface area contributed by atoms with Crippen LogP contribution in [-0.4, -0.2) is 53.5 Å². The average molecular weight is 363 g/mol. The molecule has 0 atom stereocenters. The fraction of sp³-hybridized carbons (Fsp3) is 0.500. The van der Waals surface area contributed by atoms with Gasteiger partial charge in [-0.15, -0.1) is 11.3 Å². The minimum atomic E-state index is -0.166. The van der Waals surface area contributed by atoms with Gasteiger partial charge in [0.15, 0.2) is 0 Å². The third kappa shape index (κ3) is 6.44. The number of piperidine rings is 1. The lowest BCUT2D eigenvalue weighted by atomic mass is 9.87. The second-order valence-corrected chi connectivity index (χ2v) is 7.45. The van der Waals surface area contributed by atoms with Crippen molar-refractivity contribution in [1.29, 1.82) is 0 Å². The van der Waals surface area contributed by atoms with Crippen LogP contribution in [0.1, 0.15) is 24.6 Å². The van der Waals surface area contributed by atoms with Crippen LogP contribution >= 0.6 is 11.3 Å². The molecule has 2 aromatic rings. The van der Waals surface area contributed by atoms with Crippen LogP contribution < -0.4 is 5.32 Å². The van der Waals surface area contributed by atoms with Crippen molar-refractivity contribution in [2.24, 2.45) is 0 Å². The molecule has 0 unspecified atom stereocenters. The summed E-state index contributed by atoms with van der Waals surface area (Å²) in [5.74, 6) is 0. The van der Waals surface area contributed by atoms with Gasteiger partial charge in [-0.2, -0.15) is 0 Å². The lowest BCUT2D eigenvalue weighted by Crippen LogP contribution is -2.51. The highest BCUT2D eigenvalue weighted by Gasteiger charge is 2.33. The van der Waals surface area contributed by atoms with E-state index in [0.29, 0.717) is 0 Å². The Bertz CT molecular complexity index is 567. The van der Waals surface area contributed by atoms with Crippen LogP contribution in [0, 0.1) is 0 Å². The highest BCUT2D eigenvalue weighted by Crippen LogP contribution is 2.27. The van der Waals surface area contributed by atoms with Crippen molar-refractivity contribution < 1.29 is 10.2 Å².